The van der Waals surface area contributed by atoms with Gasteiger partial charge in [-0.3, -0.25) is 9.78 Å². The summed E-state index contributed by atoms with van der Waals surface area (Å²) < 4.78 is 0. The summed E-state index contributed by atoms with van der Waals surface area (Å²) in [5.41, 5.74) is 2.03. The Bertz CT molecular complexity index is 481. The first-order valence-electron chi connectivity index (χ1n) is 4.68. The van der Waals surface area contributed by atoms with Crippen LogP contribution in [0.3, 0.4) is 0 Å². The molecule has 2 N–H and O–H groups in total. The van der Waals surface area contributed by atoms with Crippen molar-refractivity contribution in [2.75, 3.05) is 0 Å². The summed E-state index contributed by atoms with van der Waals surface area (Å²) in [7, 11) is 0. The highest BCUT2D eigenvalue weighted by Crippen LogP contribution is 2.04. The molecule has 0 saturated heterocycles. The van der Waals surface area contributed by atoms with Crippen LogP contribution in [-0.4, -0.2) is 31.5 Å². The van der Waals surface area contributed by atoms with Crippen LogP contribution in [-0.2, 0) is 6.54 Å². The average Bonchev–Trinajstić information content (AvgIpc) is 2.81. The number of hydrogen-bond acceptors (Lipinski definition) is 5. The summed E-state index contributed by atoms with van der Waals surface area (Å²) >= 11 is 0. The number of nitrogens with one attached hydrogen (secondary N) is 2. The van der Waals surface area contributed by atoms with Crippen LogP contribution in [0.15, 0.2) is 18.5 Å². The van der Waals surface area contributed by atoms with Crippen molar-refractivity contribution in [1.82, 2.24) is 30.9 Å². The van der Waals surface area contributed by atoms with Crippen molar-refractivity contribution in [3.05, 3.63) is 35.4 Å². The van der Waals surface area contributed by atoms with Crippen molar-refractivity contribution in [1.29, 1.82) is 0 Å². The van der Waals surface area contributed by atoms with Crippen molar-refractivity contribution in [2.24, 2.45) is 0 Å². The molecule has 7 heteroatoms. The number of amides is 1. The van der Waals surface area contributed by atoms with E-state index in [1.165, 1.54) is 0 Å². The molecule has 0 aliphatic carbocycles. The topological polar surface area (TPSA) is 96.5 Å². The quantitative estimate of drug-likeness (QED) is 0.745. The Labute approximate surface area is 91.3 Å². The van der Waals surface area contributed by atoms with Crippen molar-refractivity contribution in [2.45, 2.75) is 13.5 Å². The Balaban J connectivity index is 1.98. The number of hydrogen-bond donors (Lipinski definition) is 2. The first-order valence-corrected chi connectivity index (χ1v) is 4.68. The maximum absolute atomic E-state index is 11.5. The van der Waals surface area contributed by atoms with Gasteiger partial charge in [0.15, 0.2) is 0 Å². The fraction of sp³-hybridized carbons (Fsp3) is 0.222. The molecule has 0 aliphatic rings. The highest BCUT2D eigenvalue weighted by molar-refractivity contribution is 5.89. The minimum Gasteiger partial charge on any atom is -0.345 e. The summed E-state index contributed by atoms with van der Waals surface area (Å²) in [5.74, 6) is -0.335. The second-order valence-electron chi connectivity index (χ2n) is 3.22. The smallest absolute Gasteiger partial charge is 0.293 e. The lowest BCUT2D eigenvalue weighted by Gasteiger charge is -2.04. The molecule has 0 radical (unpaired) electrons. The number of rotatable bonds is 3. The average molecular weight is 218 g/mol. The summed E-state index contributed by atoms with van der Waals surface area (Å²) in [5, 5.41) is 15.4. The molecule has 2 aromatic heterocycles. The van der Waals surface area contributed by atoms with Gasteiger partial charge in [-0.25, -0.2) is 0 Å². The number of H-pyrrole nitrogens is 1. The van der Waals surface area contributed by atoms with E-state index < -0.39 is 0 Å². The molecule has 0 fully saturated rings. The van der Waals surface area contributed by atoms with E-state index in [9.17, 15) is 4.79 Å². The van der Waals surface area contributed by atoms with E-state index in [4.69, 9.17) is 0 Å². The number of aromatic nitrogens is 5. The van der Waals surface area contributed by atoms with Gasteiger partial charge in [0, 0.05) is 18.9 Å². The Hall–Kier alpha value is -2.31. The third-order valence-corrected chi connectivity index (χ3v) is 2.14. The lowest BCUT2D eigenvalue weighted by molar-refractivity contribution is 0.0940. The highest BCUT2D eigenvalue weighted by atomic mass is 16.2. The van der Waals surface area contributed by atoms with Gasteiger partial charge in [0.1, 0.15) is 0 Å². The zero-order chi connectivity index (χ0) is 11.4. The molecule has 1 amide bonds. The van der Waals surface area contributed by atoms with Gasteiger partial charge >= 0.3 is 0 Å². The fourth-order valence-electron chi connectivity index (χ4n) is 1.19. The van der Waals surface area contributed by atoms with E-state index in [0.29, 0.717) is 6.54 Å². The number of carbonyl (C=O) groups is 1. The van der Waals surface area contributed by atoms with Crippen LogP contribution < -0.4 is 5.32 Å². The Morgan fingerprint density at radius 2 is 2.44 bits per heavy atom. The van der Waals surface area contributed by atoms with Gasteiger partial charge in [0.05, 0.1) is 0 Å². The second kappa shape index (κ2) is 4.47. The van der Waals surface area contributed by atoms with Gasteiger partial charge in [-0.15, -0.1) is 10.2 Å². The summed E-state index contributed by atoms with van der Waals surface area (Å²) in [6, 6.07) is 1.88. The van der Waals surface area contributed by atoms with Crippen LogP contribution >= 0.6 is 0 Å². The zero-order valence-corrected chi connectivity index (χ0v) is 8.64. The Kier molecular flexibility index (Phi) is 2.86. The van der Waals surface area contributed by atoms with Crippen LogP contribution in [0.25, 0.3) is 0 Å². The molecule has 0 aliphatic heterocycles. The van der Waals surface area contributed by atoms with E-state index in [1.807, 2.05) is 13.0 Å². The first-order chi connectivity index (χ1) is 7.77. The first kappa shape index (κ1) is 10.2. The third kappa shape index (κ3) is 2.19. The van der Waals surface area contributed by atoms with Crippen molar-refractivity contribution >= 4 is 5.91 Å². The third-order valence-electron chi connectivity index (χ3n) is 2.14. The number of carbonyl (C=O) groups excluding carboxylic acids is 1. The van der Waals surface area contributed by atoms with Gasteiger partial charge in [-0.05, 0) is 29.3 Å². The molecule has 2 heterocycles. The van der Waals surface area contributed by atoms with Gasteiger partial charge in [0.25, 0.3) is 11.7 Å². The Morgan fingerprint density at radius 3 is 3.12 bits per heavy atom. The van der Waals surface area contributed by atoms with Crippen LogP contribution in [0.4, 0.5) is 0 Å². The van der Waals surface area contributed by atoms with E-state index in [1.54, 1.807) is 12.4 Å². The van der Waals surface area contributed by atoms with E-state index in [-0.39, 0.29) is 11.7 Å². The van der Waals surface area contributed by atoms with Crippen LogP contribution in [0.1, 0.15) is 21.7 Å². The summed E-state index contributed by atoms with van der Waals surface area (Å²) in [6.45, 7) is 2.35. The monoisotopic (exact) mass is 218 g/mol. The van der Waals surface area contributed by atoms with Crippen LogP contribution in [0.2, 0.25) is 0 Å². The summed E-state index contributed by atoms with van der Waals surface area (Å²) in [6.07, 6.45) is 3.42. The summed E-state index contributed by atoms with van der Waals surface area (Å²) in [4.78, 5) is 15.5. The molecular formula is C9H10N6O. The lowest BCUT2D eigenvalue weighted by Crippen LogP contribution is -2.24. The number of pyridine rings is 1. The molecule has 82 valence electrons. The SMILES string of the molecule is Cc1ccncc1CNC(=O)c1nn[nH]n1. The van der Waals surface area contributed by atoms with Gasteiger partial charge in [0.2, 0.25) is 0 Å². The fourth-order valence-corrected chi connectivity index (χ4v) is 1.19. The predicted octanol–water partition coefficient (Wildman–Crippen LogP) is -0.167. The lowest BCUT2D eigenvalue weighted by atomic mass is 10.1. The molecule has 0 spiro atoms. The Morgan fingerprint density at radius 1 is 1.56 bits per heavy atom. The van der Waals surface area contributed by atoms with Crippen molar-refractivity contribution in [3.63, 3.8) is 0 Å². The van der Waals surface area contributed by atoms with Gasteiger partial charge in [-0.2, -0.15) is 5.21 Å². The minimum absolute atomic E-state index is 0.0292. The zero-order valence-electron chi connectivity index (χ0n) is 8.64. The van der Waals surface area contributed by atoms with Crippen LogP contribution in [0, 0.1) is 6.92 Å². The van der Waals surface area contributed by atoms with Crippen LogP contribution in [0.5, 0.6) is 0 Å². The largest absolute Gasteiger partial charge is 0.345 e. The minimum atomic E-state index is -0.364. The molecule has 0 bridgehead atoms. The molecule has 2 rings (SSSR count). The van der Waals surface area contributed by atoms with E-state index >= 15 is 0 Å². The molecule has 7 nitrogen and oxygen atoms in total. The van der Waals surface area contributed by atoms with Gasteiger partial charge < -0.3 is 5.32 Å². The number of tetrazole rings is 1. The second-order valence-corrected chi connectivity index (χ2v) is 3.22. The van der Waals surface area contributed by atoms with Crippen molar-refractivity contribution in [3.8, 4) is 0 Å². The molecule has 0 atom stereocenters. The maximum atomic E-state index is 11.5. The highest BCUT2D eigenvalue weighted by Gasteiger charge is 2.10. The van der Waals surface area contributed by atoms with E-state index in [0.717, 1.165) is 11.1 Å². The van der Waals surface area contributed by atoms with Gasteiger partial charge in [-0.1, -0.05) is 0 Å². The predicted molar refractivity (Wildman–Crippen MR) is 54.3 cm³/mol. The maximum Gasteiger partial charge on any atom is 0.293 e. The molecule has 16 heavy (non-hydrogen) atoms. The molecular weight excluding hydrogens is 208 g/mol. The molecule has 0 aromatic carbocycles. The number of aromatic amines is 1. The molecule has 0 unspecified atom stereocenters. The van der Waals surface area contributed by atoms with Crippen molar-refractivity contribution < 1.29 is 4.79 Å². The number of nitrogens with zero attached hydrogens (tertiary/aromatic N) is 4. The standard InChI is InChI=1S/C9H10N6O/c1-6-2-3-10-4-7(6)5-11-9(16)8-12-14-15-13-8/h2-4H,5H2,1H3,(H,11,16)(H,12,13,14,15). The number of aryl methyl sites for hydroxylation is 1. The van der Waals surface area contributed by atoms with E-state index in [2.05, 4.69) is 30.9 Å². The normalized spacial score (nSPS) is 10.1. The molecule has 2 aromatic rings. The molecule has 0 saturated carbocycles.